The zero-order chi connectivity index (χ0) is 13.8. The molecule has 1 aromatic heterocycles. The fraction of sp³-hybridized carbons (Fsp3) is 0.667. The molecule has 1 N–H and O–H groups in total. The third-order valence-corrected chi connectivity index (χ3v) is 4.80. The first kappa shape index (κ1) is 14.8. The number of aryl methyl sites for hydroxylation is 2. The molecule has 0 spiro atoms. The Kier molecular flexibility index (Phi) is 5.22. The summed E-state index contributed by atoms with van der Waals surface area (Å²) in [6, 6.07) is 0. The lowest BCUT2D eigenvalue weighted by Gasteiger charge is -2.17. The normalized spacial score (nSPS) is 17.4. The van der Waals surface area contributed by atoms with Gasteiger partial charge in [-0.05, 0) is 61.9 Å². The summed E-state index contributed by atoms with van der Waals surface area (Å²) in [5.74, 6) is 0. The highest BCUT2D eigenvalue weighted by atomic mass is 79.9. The Labute approximate surface area is 123 Å². The lowest BCUT2D eigenvalue weighted by atomic mass is 9.94. The van der Waals surface area contributed by atoms with Crippen LogP contribution >= 0.6 is 15.9 Å². The van der Waals surface area contributed by atoms with Crippen LogP contribution in [0.15, 0.2) is 16.1 Å². The van der Waals surface area contributed by atoms with Gasteiger partial charge in [-0.2, -0.15) is 5.10 Å². The van der Waals surface area contributed by atoms with Crippen molar-refractivity contribution in [2.75, 3.05) is 0 Å². The second kappa shape index (κ2) is 6.71. The van der Waals surface area contributed by atoms with Crippen molar-refractivity contribution in [1.29, 1.82) is 0 Å². The van der Waals surface area contributed by atoms with Crippen LogP contribution in [0.3, 0.4) is 0 Å². The molecule has 3 nitrogen and oxygen atoms in total. The van der Waals surface area contributed by atoms with Gasteiger partial charge in [0.2, 0.25) is 0 Å². The van der Waals surface area contributed by atoms with Gasteiger partial charge in [0.15, 0.2) is 0 Å². The van der Waals surface area contributed by atoms with Crippen molar-refractivity contribution in [2.45, 2.75) is 65.0 Å². The maximum atomic E-state index is 10.3. The van der Waals surface area contributed by atoms with Crippen LogP contribution in [-0.4, -0.2) is 21.0 Å². The largest absolute Gasteiger partial charge is 0.392 e. The molecule has 0 fully saturated rings. The molecular formula is C15H23BrN2O. The SMILES string of the molecule is CCn1nc(C)c(Br)c1CC(O)CC1=CCCCC1. The number of aliphatic hydroxyl groups excluding tert-OH is 1. The minimum absolute atomic E-state index is 0.304. The van der Waals surface area contributed by atoms with E-state index in [2.05, 4.69) is 34.0 Å². The number of rotatable bonds is 5. The number of allylic oxidation sites excluding steroid dienone is 1. The molecule has 19 heavy (non-hydrogen) atoms. The second-order valence-electron chi connectivity index (χ2n) is 5.33. The summed E-state index contributed by atoms with van der Waals surface area (Å²) in [5, 5.41) is 14.8. The zero-order valence-corrected chi connectivity index (χ0v) is 13.4. The van der Waals surface area contributed by atoms with E-state index in [1.165, 1.54) is 24.8 Å². The van der Waals surface area contributed by atoms with E-state index < -0.39 is 0 Å². The van der Waals surface area contributed by atoms with E-state index in [0.717, 1.165) is 35.2 Å². The van der Waals surface area contributed by atoms with Gasteiger partial charge >= 0.3 is 0 Å². The number of nitrogens with zero attached hydrogens (tertiary/aromatic N) is 2. The minimum Gasteiger partial charge on any atom is -0.392 e. The smallest absolute Gasteiger partial charge is 0.0738 e. The van der Waals surface area contributed by atoms with E-state index in [-0.39, 0.29) is 6.10 Å². The molecule has 0 aromatic carbocycles. The summed E-state index contributed by atoms with van der Waals surface area (Å²) in [5.41, 5.74) is 3.54. The molecule has 1 heterocycles. The third kappa shape index (κ3) is 3.69. The maximum absolute atomic E-state index is 10.3. The van der Waals surface area contributed by atoms with Gasteiger partial charge < -0.3 is 5.11 Å². The van der Waals surface area contributed by atoms with Crippen molar-refractivity contribution in [3.8, 4) is 0 Å². The van der Waals surface area contributed by atoms with Gasteiger partial charge in [-0.25, -0.2) is 0 Å². The van der Waals surface area contributed by atoms with Crippen LogP contribution < -0.4 is 0 Å². The van der Waals surface area contributed by atoms with Gasteiger partial charge in [0.05, 0.1) is 22.0 Å². The predicted octanol–water partition coefficient (Wildman–Crippen LogP) is 3.77. The van der Waals surface area contributed by atoms with E-state index in [0.29, 0.717) is 6.42 Å². The van der Waals surface area contributed by atoms with Gasteiger partial charge in [0.1, 0.15) is 0 Å². The number of hydrogen-bond acceptors (Lipinski definition) is 2. The quantitative estimate of drug-likeness (QED) is 0.836. The monoisotopic (exact) mass is 326 g/mol. The molecule has 0 amide bonds. The molecule has 0 saturated carbocycles. The molecule has 1 aliphatic carbocycles. The molecule has 0 radical (unpaired) electrons. The summed E-state index contributed by atoms with van der Waals surface area (Å²) >= 11 is 3.59. The first-order chi connectivity index (χ1) is 9.11. The number of halogens is 1. The number of aromatic nitrogens is 2. The zero-order valence-electron chi connectivity index (χ0n) is 11.8. The molecule has 0 aliphatic heterocycles. The van der Waals surface area contributed by atoms with Crippen molar-refractivity contribution in [3.05, 3.63) is 27.5 Å². The molecular weight excluding hydrogens is 304 g/mol. The Morgan fingerprint density at radius 1 is 1.42 bits per heavy atom. The van der Waals surface area contributed by atoms with Gasteiger partial charge in [-0.15, -0.1) is 0 Å². The summed E-state index contributed by atoms with van der Waals surface area (Å²) in [6.07, 6.45) is 8.39. The molecule has 106 valence electrons. The van der Waals surface area contributed by atoms with Gasteiger partial charge in [-0.1, -0.05) is 11.6 Å². The summed E-state index contributed by atoms with van der Waals surface area (Å²) in [7, 11) is 0. The number of hydrogen-bond donors (Lipinski definition) is 1. The van der Waals surface area contributed by atoms with Crippen LogP contribution in [0.5, 0.6) is 0 Å². The first-order valence-electron chi connectivity index (χ1n) is 7.19. The Hall–Kier alpha value is -0.610. The number of aliphatic hydroxyl groups is 1. The standard InChI is InChI=1S/C15H23BrN2O/c1-3-18-14(15(16)11(2)17-18)10-13(19)9-12-7-5-4-6-8-12/h7,13,19H,3-6,8-10H2,1-2H3. The van der Waals surface area contributed by atoms with Crippen molar-refractivity contribution in [1.82, 2.24) is 9.78 Å². The van der Waals surface area contributed by atoms with E-state index in [9.17, 15) is 5.11 Å². The van der Waals surface area contributed by atoms with Crippen molar-refractivity contribution < 1.29 is 5.11 Å². The first-order valence-corrected chi connectivity index (χ1v) is 7.98. The topological polar surface area (TPSA) is 38.0 Å². The highest BCUT2D eigenvalue weighted by Crippen LogP contribution is 2.26. The van der Waals surface area contributed by atoms with E-state index in [4.69, 9.17) is 0 Å². The fourth-order valence-corrected chi connectivity index (χ4v) is 3.20. The van der Waals surface area contributed by atoms with Gasteiger partial charge in [-0.3, -0.25) is 4.68 Å². The van der Waals surface area contributed by atoms with Crippen LogP contribution in [0.2, 0.25) is 0 Å². The van der Waals surface area contributed by atoms with Crippen LogP contribution in [0, 0.1) is 6.92 Å². The average molecular weight is 327 g/mol. The molecule has 0 bridgehead atoms. The van der Waals surface area contributed by atoms with Gasteiger partial charge in [0.25, 0.3) is 0 Å². The second-order valence-corrected chi connectivity index (χ2v) is 6.13. The van der Waals surface area contributed by atoms with Crippen molar-refractivity contribution in [2.24, 2.45) is 0 Å². The predicted molar refractivity (Wildman–Crippen MR) is 81.2 cm³/mol. The van der Waals surface area contributed by atoms with Crippen LogP contribution in [0.1, 0.15) is 50.4 Å². The van der Waals surface area contributed by atoms with E-state index in [1.54, 1.807) is 0 Å². The fourth-order valence-electron chi connectivity index (χ4n) is 2.75. The Morgan fingerprint density at radius 2 is 2.21 bits per heavy atom. The maximum Gasteiger partial charge on any atom is 0.0738 e. The van der Waals surface area contributed by atoms with E-state index >= 15 is 0 Å². The molecule has 1 aliphatic rings. The average Bonchev–Trinajstić information content (AvgIpc) is 2.67. The van der Waals surface area contributed by atoms with Crippen LogP contribution in [-0.2, 0) is 13.0 Å². The van der Waals surface area contributed by atoms with Gasteiger partial charge in [0, 0.05) is 13.0 Å². The van der Waals surface area contributed by atoms with Crippen LogP contribution in [0.4, 0.5) is 0 Å². The Morgan fingerprint density at radius 3 is 2.84 bits per heavy atom. The molecule has 1 aromatic rings. The Bertz CT molecular complexity index is 465. The van der Waals surface area contributed by atoms with E-state index in [1.807, 2.05) is 11.6 Å². The summed E-state index contributed by atoms with van der Waals surface area (Å²) < 4.78 is 3.03. The van der Waals surface area contributed by atoms with Crippen molar-refractivity contribution in [3.63, 3.8) is 0 Å². The molecule has 4 heteroatoms. The highest BCUT2D eigenvalue weighted by molar-refractivity contribution is 9.10. The third-order valence-electron chi connectivity index (χ3n) is 3.76. The minimum atomic E-state index is -0.304. The highest BCUT2D eigenvalue weighted by Gasteiger charge is 2.17. The van der Waals surface area contributed by atoms with Crippen molar-refractivity contribution >= 4 is 15.9 Å². The Balaban J connectivity index is 2.02. The lowest BCUT2D eigenvalue weighted by molar-refractivity contribution is 0.170. The molecule has 0 saturated heterocycles. The molecule has 1 atom stereocenters. The van der Waals surface area contributed by atoms with Crippen LogP contribution in [0.25, 0.3) is 0 Å². The lowest BCUT2D eigenvalue weighted by Crippen LogP contribution is -2.16. The summed E-state index contributed by atoms with van der Waals surface area (Å²) in [6.45, 7) is 4.92. The molecule has 2 rings (SSSR count). The summed E-state index contributed by atoms with van der Waals surface area (Å²) in [4.78, 5) is 0. The molecule has 1 unspecified atom stereocenters.